The van der Waals surface area contributed by atoms with Gasteiger partial charge in [0.15, 0.2) is 0 Å². The Labute approximate surface area is 149 Å². The van der Waals surface area contributed by atoms with Gasteiger partial charge in [-0.25, -0.2) is 0 Å². The fourth-order valence-corrected chi connectivity index (χ4v) is 3.35. The largest absolute Gasteiger partial charge is 0.392 e. The monoisotopic (exact) mass is 338 g/mol. The fourth-order valence-electron chi connectivity index (χ4n) is 3.35. The molecule has 0 bridgehead atoms. The number of hydrogen-bond donors (Lipinski definition) is 2. The van der Waals surface area contributed by atoms with Gasteiger partial charge >= 0.3 is 0 Å². The van der Waals surface area contributed by atoms with E-state index in [1.54, 1.807) is 0 Å². The van der Waals surface area contributed by atoms with Crippen molar-refractivity contribution in [3.05, 3.63) is 71.8 Å². The van der Waals surface area contributed by atoms with Crippen molar-refractivity contribution in [1.82, 2.24) is 10.2 Å². The van der Waals surface area contributed by atoms with Crippen molar-refractivity contribution in [2.45, 2.75) is 31.4 Å². The molecule has 0 aliphatic carbocycles. The molecule has 1 aliphatic heterocycles. The molecule has 1 saturated heterocycles. The van der Waals surface area contributed by atoms with Crippen LogP contribution in [0.2, 0.25) is 0 Å². The van der Waals surface area contributed by atoms with Gasteiger partial charge in [-0.15, -0.1) is 0 Å². The molecule has 132 valence electrons. The Bertz CT molecular complexity index is 675. The van der Waals surface area contributed by atoms with Crippen LogP contribution in [0.1, 0.15) is 36.4 Å². The van der Waals surface area contributed by atoms with Crippen LogP contribution in [0.25, 0.3) is 0 Å². The van der Waals surface area contributed by atoms with E-state index in [0.717, 1.165) is 24.1 Å². The summed E-state index contributed by atoms with van der Waals surface area (Å²) in [5.41, 5.74) is 2.11. The van der Waals surface area contributed by atoms with Gasteiger partial charge in [-0.1, -0.05) is 60.7 Å². The van der Waals surface area contributed by atoms with Crippen LogP contribution in [-0.2, 0) is 4.79 Å². The van der Waals surface area contributed by atoms with Gasteiger partial charge in [0.05, 0.1) is 18.1 Å². The summed E-state index contributed by atoms with van der Waals surface area (Å²) < 4.78 is 0. The van der Waals surface area contributed by atoms with E-state index < -0.39 is 0 Å². The van der Waals surface area contributed by atoms with Gasteiger partial charge in [-0.2, -0.15) is 0 Å². The minimum atomic E-state index is -0.254. The van der Waals surface area contributed by atoms with E-state index in [-0.39, 0.29) is 24.0 Å². The first-order valence-corrected chi connectivity index (χ1v) is 8.94. The zero-order valence-corrected chi connectivity index (χ0v) is 14.6. The molecule has 0 aromatic heterocycles. The number of hydrogen-bond acceptors (Lipinski definition) is 3. The second-order valence-electron chi connectivity index (χ2n) is 6.81. The minimum Gasteiger partial charge on any atom is -0.392 e. The van der Waals surface area contributed by atoms with Crippen LogP contribution in [0.5, 0.6) is 0 Å². The quantitative estimate of drug-likeness (QED) is 0.851. The first-order valence-electron chi connectivity index (χ1n) is 8.94. The lowest BCUT2D eigenvalue weighted by molar-refractivity contribution is -0.123. The normalized spacial score (nSPS) is 20.2. The van der Waals surface area contributed by atoms with Gasteiger partial charge < -0.3 is 10.4 Å². The van der Waals surface area contributed by atoms with E-state index >= 15 is 0 Å². The van der Waals surface area contributed by atoms with Gasteiger partial charge in [0, 0.05) is 19.6 Å². The SMILES string of the molecule is CC(C(=O)NC(CN1CCC(O)C1)c1ccccc1)c1ccccc1. The van der Waals surface area contributed by atoms with Gasteiger partial charge in [-0.05, 0) is 24.5 Å². The number of aliphatic hydroxyl groups excluding tert-OH is 1. The number of likely N-dealkylation sites (tertiary alicyclic amines) is 1. The average molecular weight is 338 g/mol. The van der Waals surface area contributed by atoms with E-state index in [9.17, 15) is 9.90 Å². The summed E-state index contributed by atoms with van der Waals surface area (Å²) in [7, 11) is 0. The number of aliphatic hydroxyl groups is 1. The predicted octanol–water partition coefficient (Wildman–Crippen LogP) is 2.71. The number of rotatable bonds is 6. The van der Waals surface area contributed by atoms with E-state index in [2.05, 4.69) is 10.2 Å². The second-order valence-corrected chi connectivity index (χ2v) is 6.81. The molecule has 2 aromatic rings. The van der Waals surface area contributed by atoms with Crippen molar-refractivity contribution in [2.75, 3.05) is 19.6 Å². The molecule has 3 rings (SSSR count). The molecule has 1 heterocycles. The summed E-state index contributed by atoms with van der Waals surface area (Å²) in [4.78, 5) is 15.0. The molecule has 0 spiro atoms. The molecule has 4 heteroatoms. The molecule has 0 saturated carbocycles. The van der Waals surface area contributed by atoms with Crippen molar-refractivity contribution in [2.24, 2.45) is 0 Å². The minimum absolute atomic E-state index is 0.0276. The zero-order chi connectivity index (χ0) is 17.6. The number of amides is 1. The Balaban J connectivity index is 1.72. The summed E-state index contributed by atoms with van der Waals surface area (Å²) >= 11 is 0. The maximum absolute atomic E-state index is 12.8. The number of β-amino-alcohol motifs (C(OH)–C–C–N with tert-alkyl or cyclic N) is 1. The number of nitrogens with zero attached hydrogens (tertiary/aromatic N) is 1. The third-order valence-corrected chi connectivity index (χ3v) is 4.90. The van der Waals surface area contributed by atoms with Crippen molar-refractivity contribution < 1.29 is 9.90 Å². The molecule has 3 atom stereocenters. The number of carbonyl (C=O) groups is 1. The van der Waals surface area contributed by atoms with Crippen LogP contribution < -0.4 is 5.32 Å². The zero-order valence-electron chi connectivity index (χ0n) is 14.6. The molecule has 1 aliphatic rings. The Hall–Kier alpha value is -2.17. The van der Waals surface area contributed by atoms with E-state index in [1.165, 1.54) is 0 Å². The molecule has 1 fully saturated rings. The number of nitrogens with one attached hydrogen (secondary N) is 1. The highest BCUT2D eigenvalue weighted by atomic mass is 16.3. The number of carbonyl (C=O) groups excluding carboxylic acids is 1. The van der Waals surface area contributed by atoms with Crippen molar-refractivity contribution in [1.29, 1.82) is 0 Å². The lowest BCUT2D eigenvalue weighted by atomic mass is 9.99. The van der Waals surface area contributed by atoms with E-state index in [1.807, 2.05) is 67.6 Å². The highest BCUT2D eigenvalue weighted by molar-refractivity contribution is 5.83. The van der Waals surface area contributed by atoms with Crippen LogP contribution >= 0.6 is 0 Å². The Morgan fingerprint density at radius 1 is 1.12 bits per heavy atom. The summed E-state index contributed by atoms with van der Waals surface area (Å²) in [5, 5.41) is 13.0. The first-order chi connectivity index (χ1) is 12.1. The van der Waals surface area contributed by atoms with Gasteiger partial charge in [0.25, 0.3) is 0 Å². The highest BCUT2D eigenvalue weighted by Crippen LogP contribution is 2.21. The van der Waals surface area contributed by atoms with Crippen molar-refractivity contribution >= 4 is 5.91 Å². The molecule has 4 nitrogen and oxygen atoms in total. The molecule has 3 unspecified atom stereocenters. The highest BCUT2D eigenvalue weighted by Gasteiger charge is 2.26. The van der Waals surface area contributed by atoms with Crippen LogP contribution in [0.4, 0.5) is 0 Å². The van der Waals surface area contributed by atoms with Crippen molar-refractivity contribution in [3.8, 4) is 0 Å². The maximum Gasteiger partial charge on any atom is 0.227 e. The fraction of sp³-hybridized carbons (Fsp3) is 0.381. The third-order valence-electron chi connectivity index (χ3n) is 4.90. The standard InChI is InChI=1S/C21H26N2O2/c1-16(17-8-4-2-5-9-17)21(25)22-20(18-10-6-3-7-11-18)15-23-13-12-19(24)14-23/h2-11,16,19-20,24H,12-15H2,1H3,(H,22,25). The Kier molecular flexibility index (Phi) is 5.84. The summed E-state index contributed by atoms with van der Waals surface area (Å²) in [6.45, 7) is 4.20. The number of benzene rings is 2. The Morgan fingerprint density at radius 3 is 2.28 bits per heavy atom. The van der Waals surface area contributed by atoms with Crippen LogP contribution in [0, 0.1) is 0 Å². The average Bonchev–Trinajstić information content (AvgIpc) is 3.06. The van der Waals surface area contributed by atoms with Crippen LogP contribution in [-0.4, -0.2) is 41.7 Å². The first kappa shape index (κ1) is 17.6. The molecular formula is C21H26N2O2. The topological polar surface area (TPSA) is 52.6 Å². The third kappa shape index (κ3) is 4.68. The van der Waals surface area contributed by atoms with E-state index in [4.69, 9.17) is 0 Å². The maximum atomic E-state index is 12.8. The molecule has 25 heavy (non-hydrogen) atoms. The summed E-state index contributed by atoms with van der Waals surface area (Å²) in [6.07, 6.45) is 0.547. The van der Waals surface area contributed by atoms with Gasteiger partial charge in [0.2, 0.25) is 5.91 Å². The van der Waals surface area contributed by atoms with Crippen LogP contribution in [0.15, 0.2) is 60.7 Å². The lowest BCUT2D eigenvalue weighted by Crippen LogP contribution is -2.39. The second kappa shape index (κ2) is 8.28. The summed E-state index contributed by atoms with van der Waals surface area (Å²) in [6, 6.07) is 19.8. The van der Waals surface area contributed by atoms with Crippen molar-refractivity contribution in [3.63, 3.8) is 0 Å². The molecule has 2 N–H and O–H groups in total. The predicted molar refractivity (Wildman–Crippen MR) is 99.2 cm³/mol. The molecule has 1 amide bonds. The van der Waals surface area contributed by atoms with Crippen LogP contribution in [0.3, 0.4) is 0 Å². The molecular weight excluding hydrogens is 312 g/mol. The molecule has 0 radical (unpaired) electrons. The Morgan fingerprint density at radius 2 is 1.72 bits per heavy atom. The smallest absolute Gasteiger partial charge is 0.227 e. The van der Waals surface area contributed by atoms with Gasteiger partial charge in [0.1, 0.15) is 0 Å². The van der Waals surface area contributed by atoms with Gasteiger partial charge in [-0.3, -0.25) is 9.69 Å². The summed E-state index contributed by atoms with van der Waals surface area (Å²) in [5.74, 6) is -0.170. The lowest BCUT2D eigenvalue weighted by Gasteiger charge is -2.26. The van der Waals surface area contributed by atoms with E-state index in [0.29, 0.717) is 13.1 Å². The molecule has 2 aromatic carbocycles.